The molecule has 2 rings (SSSR count). The highest BCUT2D eigenvalue weighted by molar-refractivity contribution is 7.90. The van der Waals surface area contributed by atoms with Gasteiger partial charge in [0.05, 0.1) is 0 Å². The van der Waals surface area contributed by atoms with Gasteiger partial charge < -0.3 is 5.32 Å². The van der Waals surface area contributed by atoms with E-state index < -0.39 is 10.2 Å². The van der Waals surface area contributed by atoms with Gasteiger partial charge in [-0.3, -0.25) is 4.72 Å². The minimum absolute atomic E-state index is 0.206. The summed E-state index contributed by atoms with van der Waals surface area (Å²) in [5, 5.41) is 3.18. The van der Waals surface area contributed by atoms with Gasteiger partial charge in [0.1, 0.15) is 5.82 Å². The van der Waals surface area contributed by atoms with Crippen LogP contribution in [0.2, 0.25) is 0 Å². The van der Waals surface area contributed by atoms with Gasteiger partial charge in [-0.2, -0.15) is 12.7 Å². The smallest absolute Gasteiger partial charge is 0.301 e. The highest BCUT2D eigenvalue weighted by atomic mass is 32.2. The highest BCUT2D eigenvalue weighted by Crippen LogP contribution is 2.15. The van der Waals surface area contributed by atoms with Crippen molar-refractivity contribution >= 4 is 21.6 Å². The number of nitrogens with one attached hydrogen (secondary N) is 2. The Morgan fingerprint density at radius 1 is 1.00 bits per heavy atom. The first-order chi connectivity index (χ1) is 10.9. The van der Waals surface area contributed by atoms with Gasteiger partial charge in [-0.1, -0.05) is 18.2 Å². The molecule has 0 atom stereocenters. The monoisotopic (exact) mass is 337 g/mol. The molecule has 0 heterocycles. The van der Waals surface area contributed by atoms with Gasteiger partial charge in [0.25, 0.3) is 0 Å². The Morgan fingerprint density at radius 2 is 1.61 bits per heavy atom. The van der Waals surface area contributed by atoms with E-state index in [0.29, 0.717) is 24.2 Å². The molecule has 5 nitrogen and oxygen atoms in total. The van der Waals surface area contributed by atoms with Crippen molar-refractivity contribution in [3.63, 3.8) is 0 Å². The van der Waals surface area contributed by atoms with Crippen molar-refractivity contribution in [2.75, 3.05) is 30.7 Å². The molecule has 23 heavy (non-hydrogen) atoms. The first-order valence-corrected chi connectivity index (χ1v) is 8.60. The molecule has 0 amide bonds. The maximum atomic E-state index is 13.5. The maximum Gasteiger partial charge on any atom is 0.301 e. The summed E-state index contributed by atoms with van der Waals surface area (Å²) in [6.45, 7) is 0.587. The Hall–Kier alpha value is -2.12. The molecule has 2 aromatic rings. The van der Waals surface area contributed by atoms with Crippen LogP contribution in [0.25, 0.3) is 0 Å². The van der Waals surface area contributed by atoms with Crippen molar-refractivity contribution in [1.82, 2.24) is 4.31 Å². The SMILES string of the molecule is CN(C)S(=O)(=O)Nc1ccc(NCCc2ccccc2F)cc1. The minimum Gasteiger partial charge on any atom is -0.385 e. The predicted molar refractivity (Wildman–Crippen MR) is 91.3 cm³/mol. The number of hydrogen-bond acceptors (Lipinski definition) is 3. The van der Waals surface area contributed by atoms with Crippen LogP contribution in [0.4, 0.5) is 15.8 Å². The molecule has 2 N–H and O–H groups in total. The number of nitrogens with zero attached hydrogens (tertiary/aromatic N) is 1. The summed E-state index contributed by atoms with van der Waals surface area (Å²) in [5.74, 6) is -0.206. The number of halogens is 1. The van der Waals surface area contributed by atoms with Gasteiger partial charge >= 0.3 is 10.2 Å². The third-order valence-corrected chi connectivity index (χ3v) is 4.75. The van der Waals surface area contributed by atoms with Crippen LogP contribution in [0.1, 0.15) is 5.56 Å². The summed E-state index contributed by atoms with van der Waals surface area (Å²) < 4.78 is 40.5. The molecule has 0 bridgehead atoms. The lowest BCUT2D eigenvalue weighted by Crippen LogP contribution is -2.28. The highest BCUT2D eigenvalue weighted by Gasteiger charge is 2.12. The third kappa shape index (κ3) is 4.94. The van der Waals surface area contributed by atoms with Crippen molar-refractivity contribution in [2.45, 2.75) is 6.42 Å². The second kappa shape index (κ2) is 7.43. The average molecular weight is 337 g/mol. The van der Waals surface area contributed by atoms with Gasteiger partial charge in [-0.05, 0) is 42.3 Å². The molecule has 0 aromatic heterocycles. The summed E-state index contributed by atoms with van der Waals surface area (Å²) in [7, 11) is -0.582. The van der Waals surface area contributed by atoms with Crippen LogP contribution in [0, 0.1) is 5.82 Å². The van der Waals surface area contributed by atoms with Gasteiger partial charge in [-0.25, -0.2) is 4.39 Å². The predicted octanol–water partition coefficient (Wildman–Crippen LogP) is 2.70. The lowest BCUT2D eigenvalue weighted by molar-refractivity contribution is 0.527. The molecule has 0 radical (unpaired) electrons. The number of hydrogen-bond donors (Lipinski definition) is 2. The van der Waals surface area contributed by atoms with Gasteiger partial charge in [-0.15, -0.1) is 0 Å². The van der Waals surface area contributed by atoms with Crippen LogP contribution in [-0.4, -0.2) is 33.4 Å². The largest absolute Gasteiger partial charge is 0.385 e. The molecule has 0 aliphatic rings. The lowest BCUT2D eigenvalue weighted by atomic mass is 10.1. The summed E-state index contributed by atoms with van der Waals surface area (Å²) >= 11 is 0. The van der Waals surface area contributed by atoms with E-state index in [1.165, 1.54) is 20.2 Å². The van der Waals surface area contributed by atoms with Crippen LogP contribution in [0.5, 0.6) is 0 Å². The summed E-state index contributed by atoms with van der Waals surface area (Å²) in [6, 6.07) is 13.6. The lowest BCUT2D eigenvalue weighted by Gasteiger charge is -2.14. The van der Waals surface area contributed by atoms with Gasteiger partial charge in [0.2, 0.25) is 0 Å². The Balaban J connectivity index is 1.89. The molecule has 0 unspecified atom stereocenters. The van der Waals surface area contributed by atoms with E-state index in [1.54, 1.807) is 36.4 Å². The fourth-order valence-corrected chi connectivity index (χ4v) is 2.56. The summed E-state index contributed by atoms with van der Waals surface area (Å²) in [4.78, 5) is 0. The Morgan fingerprint density at radius 3 is 2.22 bits per heavy atom. The van der Waals surface area contributed by atoms with E-state index in [-0.39, 0.29) is 5.82 Å². The third-order valence-electron chi connectivity index (χ3n) is 3.29. The first-order valence-electron chi connectivity index (χ1n) is 7.16. The first kappa shape index (κ1) is 17.2. The van der Waals surface area contributed by atoms with E-state index in [2.05, 4.69) is 10.0 Å². The van der Waals surface area contributed by atoms with Crippen molar-refractivity contribution < 1.29 is 12.8 Å². The van der Waals surface area contributed by atoms with E-state index in [9.17, 15) is 12.8 Å². The molecule has 0 saturated carbocycles. The molecule has 0 fully saturated rings. The second-order valence-corrected chi connectivity index (χ2v) is 7.12. The van der Waals surface area contributed by atoms with E-state index in [0.717, 1.165) is 9.99 Å². The number of benzene rings is 2. The van der Waals surface area contributed by atoms with Crippen molar-refractivity contribution in [3.8, 4) is 0 Å². The molecule has 0 aliphatic carbocycles. The molecule has 0 spiro atoms. The minimum atomic E-state index is -3.50. The maximum absolute atomic E-state index is 13.5. The number of rotatable bonds is 7. The Kier molecular flexibility index (Phi) is 5.57. The molecule has 124 valence electrons. The van der Waals surface area contributed by atoms with E-state index >= 15 is 0 Å². The topological polar surface area (TPSA) is 61.4 Å². The summed E-state index contributed by atoms with van der Waals surface area (Å²) in [5.41, 5.74) is 1.99. The van der Waals surface area contributed by atoms with Crippen LogP contribution in [-0.2, 0) is 16.6 Å². The van der Waals surface area contributed by atoms with Gasteiger partial charge in [0.15, 0.2) is 0 Å². The standard InChI is InChI=1S/C16H20FN3O2S/c1-20(2)23(21,22)19-15-9-7-14(8-10-15)18-12-11-13-5-3-4-6-16(13)17/h3-10,18-19H,11-12H2,1-2H3. The van der Waals surface area contributed by atoms with E-state index in [1.807, 2.05) is 6.07 Å². The summed E-state index contributed by atoms with van der Waals surface area (Å²) in [6.07, 6.45) is 0.571. The van der Waals surface area contributed by atoms with Gasteiger partial charge in [0, 0.05) is 32.0 Å². The zero-order valence-electron chi connectivity index (χ0n) is 13.1. The van der Waals surface area contributed by atoms with Crippen LogP contribution in [0.3, 0.4) is 0 Å². The quantitative estimate of drug-likeness (QED) is 0.817. The average Bonchev–Trinajstić information content (AvgIpc) is 2.50. The fraction of sp³-hybridized carbons (Fsp3) is 0.250. The Labute approximate surface area is 136 Å². The van der Waals surface area contributed by atoms with Crippen molar-refractivity contribution in [1.29, 1.82) is 0 Å². The molecule has 7 heteroatoms. The Bertz CT molecular complexity index is 746. The number of anilines is 2. The van der Waals surface area contributed by atoms with Crippen LogP contribution >= 0.6 is 0 Å². The molecule has 0 aliphatic heterocycles. The zero-order chi connectivity index (χ0) is 16.9. The molecule has 2 aromatic carbocycles. The fourth-order valence-electron chi connectivity index (χ4n) is 1.94. The van der Waals surface area contributed by atoms with E-state index in [4.69, 9.17) is 0 Å². The molecular weight excluding hydrogens is 317 g/mol. The van der Waals surface area contributed by atoms with Crippen LogP contribution in [0.15, 0.2) is 48.5 Å². The van der Waals surface area contributed by atoms with Crippen LogP contribution < -0.4 is 10.0 Å². The normalized spacial score (nSPS) is 11.5. The molecular formula is C16H20FN3O2S. The van der Waals surface area contributed by atoms with Crippen molar-refractivity contribution in [3.05, 3.63) is 59.9 Å². The molecule has 0 saturated heterocycles. The zero-order valence-corrected chi connectivity index (χ0v) is 13.9. The van der Waals surface area contributed by atoms with Crippen molar-refractivity contribution in [2.24, 2.45) is 0 Å². The second-order valence-electron chi connectivity index (χ2n) is 5.24.